The van der Waals surface area contributed by atoms with Crippen LogP contribution in [0, 0.1) is 0 Å². The highest BCUT2D eigenvalue weighted by Crippen LogP contribution is 2.26. The van der Waals surface area contributed by atoms with Crippen LogP contribution in [-0.2, 0) is 0 Å². The highest BCUT2D eigenvalue weighted by Gasteiger charge is 2.16. The van der Waals surface area contributed by atoms with Crippen LogP contribution in [0.4, 0.5) is 5.82 Å². The smallest absolute Gasteiger partial charge is 0.224 e. The van der Waals surface area contributed by atoms with Crippen molar-refractivity contribution in [3.05, 3.63) is 15.9 Å². The van der Waals surface area contributed by atoms with Gasteiger partial charge in [-0.3, -0.25) is 0 Å². The molecular weight excluding hydrogens is 265 g/mol. The third-order valence-corrected chi connectivity index (χ3v) is 3.08. The molecule has 1 aromatic rings. The lowest BCUT2D eigenvalue weighted by Crippen LogP contribution is -2.16. The first-order valence-corrected chi connectivity index (χ1v) is 5.80. The number of nitrogens with zero attached hydrogens (tertiary/aromatic N) is 2. The predicted molar refractivity (Wildman–Crippen MR) is 60.6 cm³/mol. The van der Waals surface area contributed by atoms with Crippen molar-refractivity contribution < 1.29 is 1.37 Å². The molecular formula is C9H11BrClN3. The lowest BCUT2D eigenvalue weighted by molar-refractivity contribution is 0.749. The standard InChI is InChI=1S/C9H11BrClN3/c10-7-5-12-9(11)14-8(7)13-6-3-1-2-4-6/h5-6H,1-4H2,(H,12,13,14)/i5D. The van der Waals surface area contributed by atoms with Crippen LogP contribution in [-0.4, -0.2) is 16.0 Å². The van der Waals surface area contributed by atoms with E-state index in [1.54, 1.807) is 0 Å². The van der Waals surface area contributed by atoms with Gasteiger partial charge in [0.05, 0.1) is 5.84 Å². The highest BCUT2D eigenvalue weighted by molar-refractivity contribution is 9.10. The Kier molecular flexibility index (Phi) is 2.83. The molecule has 0 aromatic carbocycles. The minimum absolute atomic E-state index is 0.115. The van der Waals surface area contributed by atoms with Crippen LogP contribution in [0.3, 0.4) is 0 Å². The van der Waals surface area contributed by atoms with E-state index in [9.17, 15) is 0 Å². The Morgan fingerprint density at radius 1 is 1.57 bits per heavy atom. The van der Waals surface area contributed by atoms with E-state index in [4.69, 9.17) is 13.0 Å². The second-order valence-electron chi connectivity index (χ2n) is 3.39. The molecule has 0 bridgehead atoms. The van der Waals surface area contributed by atoms with Crippen LogP contribution in [0.2, 0.25) is 5.28 Å². The molecule has 14 heavy (non-hydrogen) atoms. The predicted octanol–water partition coefficient (Wildman–Crippen LogP) is 3.25. The molecule has 0 amide bonds. The summed E-state index contributed by atoms with van der Waals surface area (Å²) in [5.41, 5.74) is 0. The summed E-state index contributed by atoms with van der Waals surface area (Å²) < 4.78 is 8.14. The minimum Gasteiger partial charge on any atom is -0.366 e. The van der Waals surface area contributed by atoms with Crippen LogP contribution in [0.1, 0.15) is 27.1 Å². The van der Waals surface area contributed by atoms with Gasteiger partial charge in [0.1, 0.15) is 5.82 Å². The molecule has 0 radical (unpaired) electrons. The number of rotatable bonds is 2. The average molecular weight is 278 g/mol. The fourth-order valence-corrected chi connectivity index (χ4v) is 2.09. The Morgan fingerprint density at radius 3 is 3.00 bits per heavy atom. The van der Waals surface area contributed by atoms with Crippen LogP contribution >= 0.6 is 27.5 Å². The van der Waals surface area contributed by atoms with Gasteiger partial charge in [0.15, 0.2) is 0 Å². The first kappa shape index (κ1) is 8.92. The highest BCUT2D eigenvalue weighted by atomic mass is 79.9. The number of anilines is 1. The molecule has 0 spiro atoms. The van der Waals surface area contributed by atoms with E-state index in [0.29, 0.717) is 16.3 Å². The van der Waals surface area contributed by atoms with E-state index in [-0.39, 0.29) is 11.5 Å². The van der Waals surface area contributed by atoms with Gasteiger partial charge >= 0.3 is 0 Å². The Hall–Kier alpha value is -0.350. The van der Waals surface area contributed by atoms with Crippen LogP contribution in [0.15, 0.2) is 10.6 Å². The first-order chi connectivity index (χ1) is 7.16. The summed E-state index contributed by atoms with van der Waals surface area (Å²) in [5.74, 6) is 0.631. The topological polar surface area (TPSA) is 37.8 Å². The molecule has 0 saturated heterocycles. The molecule has 1 heterocycles. The third-order valence-electron chi connectivity index (χ3n) is 2.35. The van der Waals surface area contributed by atoms with Gasteiger partial charge < -0.3 is 5.32 Å². The number of hydrogen-bond acceptors (Lipinski definition) is 3. The zero-order valence-electron chi connectivity index (χ0n) is 8.56. The van der Waals surface area contributed by atoms with E-state index in [1.807, 2.05) is 0 Å². The van der Waals surface area contributed by atoms with Crippen molar-refractivity contribution in [2.75, 3.05) is 5.32 Å². The number of aromatic nitrogens is 2. The monoisotopic (exact) mass is 276 g/mol. The Balaban J connectivity index is 2.19. The fourth-order valence-electron chi connectivity index (χ4n) is 1.67. The lowest BCUT2D eigenvalue weighted by atomic mass is 10.2. The van der Waals surface area contributed by atoms with E-state index >= 15 is 0 Å². The third kappa shape index (κ3) is 2.36. The molecule has 1 aromatic heterocycles. The van der Waals surface area contributed by atoms with Crippen molar-refractivity contribution >= 4 is 33.3 Å². The van der Waals surface area contributed by atoms with Gasteiger partial charge in [0.25, 0.3) is 0 Å². The second kappa shape index (κ2) is 4.45. The number of halogens is 2. The summed E-state index contributed by atoms with van der Waals surface area (Å²) in [6.07, 6.45) is 4.93. The normalized spacial score (nSPS) is 18.3. The summed E-state index contributed by atoms with van der Waals surface area (Å²) >= 11 is 8.99. The van der Waals surface area contributed by atoms with Gasteiger partial charge in [-0.1, -0.05) is 12.8 Å². The largest absolute Gasteiger partial charge is 0.366 e. The summed E-state index contributed by atoms with van der Waals surface area (Å²) in [6, 6.07) is 0.451. The van der Waals surface area contributed by atoms with E-state index in [0.717, 1.165) is 12.8 Å². The van der Waals surface area contributed by atoms with Gasteiger partial charge in [-0.2, -0.15) is 4.98 Å². The molecule has 2 rings (SSSR count). The van der Waals surface area contributed by atoms with Crippen molar-refractivity contribution in [2.45, 2.75) is 31.7 Å². The van der Waals surface area contributed by atoms with Crippen molar-refractivity contribution in [1.82, 2.24) is 9.97 Å². The second-order valence-corrected chi connectivity index (χ2v) is 4.52. The van der Waals surface area contributed by atoms with Crippen LogP contribution < -0.4 is 5.32 Å². The Morgan fingerprint density at radius 2 is 2.29 bits per heavy atom. The maximum Gasteiger partial charge on any atom is 0.224 e. The molecule has 3 nitrogen and oxygen atoms in total. The van der Waals surface area contributed by atoms with Crippen molar-refractivity contribution in [3.8, 4) is 0 Å². The van der Waals surface area contributed by atoms with Crippen molar-refractivity contribution in [3.63, 3.8) is 0 Å². The Labute approximate surface area is 97.8 Å². The fraction of sp³-hybridized carbons (Fsp3) is 0.556. The molecule has 1 aliphatic rings. The van der Waals surface area contributed by atoms with Crippen LogP contribution in [0.25, 0.3) is 0 Å². The maximum absolute atomic E-state index is 7.55. The molecule has 1 N–H and O–H groups in total. The first-order valence-electron chi connectivity index (χ1n) is 5.13. The average Bonchev–Trinajstić information content (AvgIpc) is 2.66. The quantitative estimate of drug-likeness (QED) is 0.843. The Bertz CT molecular complexity index is 369. The van der Waals surface area contributed by atoms with E-state index in [1.165, 1.54) is 12.8 Å². The molecule has 76 valence electrons. The molecule has 0 atom stereocenters. The number of nitrogens with one attached hydrogen (secondary N) is 1. The molecule has 1 fully saturated rings. The number of hydrogen-bond donors (Lipinski definition) is 1. The van der Waals surface area contributed by atoms with Gasteiger partial charge in [-0.25, -0.2) is 4.98 Å². The molecule has 0 aliphatic heterocycles. The van der Waals surface area contributed by atoms with Crippen molar-refractivity contribution in [2.24, 2.45) is 0 Å². The lowest BCUT2D eigenvalue weighted by Gasteiger charge is -2.13. The molecule has 1 aliphatic carbocycles. The van der Waals surface area contributed by atoms with E-state index < -0.39 is 0 Å². The van der Waals surface area contributed by atoms with E-state index in [2.05, 4.69) is 31.2 Å². The molecule has 5 heteroatoms. The summed E-state index contributed by atoms with van der Waals surface area (Å²) in [5, 5.41) is 3.40. The zero-order chi connectivity index (χ0) is 10.8. The van der Waals surface area contributed by atoms with Crippen LogP contribution in [0.5, 0.6) is 0 Å². The van der Waals surface area contributed by atoms with Crippen molar-refractivity contribution in [1.29, 1.82) is 0 Å². The maximum atomic E-state index is 7.55. The molecule has 0 unspecified atom stereocenters. The van der Waals surface area contributed by atoms with Gasteiger partial charge in [0, 0.05) is 12.2 Å². The van der Waals surface area contributed by atoms with Gasteiger partial charge in [-0.15, -0.1) is 0 Å². The molecule has 1 saturated carbocycles. The summed E-state index contributed by atoms with van der Waals surface area (Å²) in [6.45, 7) is 0. The van der Waals surface area contributed by atoms with Gasteiger partial charge in [-0.05, 0) is 40.4 Å². The summed E-state index contributed by atoms with van der Waals surface area (Å²) in [7, 11) is 0. The SMILES string of the molecule is [2H]c1nc(Cl)nc(NC2CCCC2)c1Br. The minimum atomic E-state index is 0.115. The summed E-state index contributed by atoms with van der Waals surface area (Å²) in [4.78, 5) is 7.82. The van der Waals surface area contributed by atoms with Gasteiger partial charge in [0.2, 0.25) is 5.28 Å². The zero-order valence-corrected chi connectivity index (χ0v) is 9.90.